The fourth-order valence-electron chi connectivity index (χ4n) is 2.80. The highest BCUT2D eigenvalue weighted by Gasteiger charge is 2.42. The quantitative estimate of drug-likeness (QED) is 0.151. The van der Waals surface area contributed by atoms with Gasteiger partial charge in [0.25, 0.3) is 5.91 Å². The summed E-state index contributed by atoms with van der Waals surface area (Å²) in [5.41, 5.74) is -0.0597. The summed E-state index contributed by atoms with van der Waals surface area (Å²) in [6, 6.07) is 2.30. The molecule has 13 heteroatoms. The smallest absolute Gasteiger partial charge is 0.407 e. The fraction of sp³-hybridized carbons (Fsp3) is 0.500. The average molecular weight is 478 g/mol. The standard InChI is InChI=1S/C18H24ClN3O8S/c1-10-7-13(24)22(10)8-18(2,31(28)29)9-30-17(27)21-6-5-20-16(26)11-3-4-12(23)15(25)14(11)19/h3-4,10,23,25H,5-9H2,1-2H3,(H,20,26)(H,21,27)(H,28,29)/t10-,18-/m1/s1. The second-order valence-electron chi connectivity index (χ2n) is 7.33. The number of phenols is 2. The number of alkyl carbamates (subject to hydrolysis) is 1. The number of phenolic OH excluding ortho intramolecular Hbond substituents is 2. The van der Waals surface area contributed by atoms with Gasteiger partial charge in [-0.3, -0.25) is 9.59 Å². The van der Waals surface area contributed by atoms with E-state index in [1.54, 1.807) is 0 Å². The molecule has 0 aliphatic carbocycles. The molecule has 2 rings (SSSR count). The Morgan fingerprint density at radius 2 is 1.97 bits per heavy atom. The van der Waals surface area contributed by atoms with E-state index in [2.05, 4.69) is 10.6 Å². The maximum atomic E-state index is 12.1. The van der Waals surface area contributed by atoms with Gasteiger partial charge in [-0.05, 0) is 26.0 Å². The first-order chi connectivity index (χ1) is 14.5. The molecule has 31 heavy (non-hydrogen) atoms. The Morgan fingerprint density at radius 1 is 1.32 bits per heavy atom. The molecule has 1 aromatic carbocycles. The normalized spacial score (nSPS) is 18.5. The second kappa shape index (κ2) is 10.2. The van der Waals surface area contributed by atoms with Crippen molar-refractivity contribution in [3.05, 3.63) is 22.7 Å². The zero-order valence-corrected chi connectivity index (χ0v) is 18.5. The van der Waals surface area contributed by atoms with Crippen molar-refractivity contribution in [2.45, 2.75) is 31.1 Å². The Bertz CT molecular complexity index is 899. The number of likely N-dealkylation sites (tertiary alicyclic amines) is 1. The van der Waals surface area contributed by atoms with Gasteiger partial charge in [0.15, 0.2) is 22.6 Å². The van der Waals surface area contributed by atoms with E-state index in [9.17, 15) is 33.4 Å². The number of carbonyl (C=O) groups excluding carboxylic acids is 3. The number of nitrogens with one attached hydrogen (secondary N) is 2. The number of hydrogen-bond acceptors (Lipinski definition) is 7. The molecule has 5 N–H and O–H groups in total. The van der Waals surface area contributed by atoms with Gasteiger partial charge in [-0.2, -0.15) is 0 Å². The summed E-state index contributed by atoms with van der Waals surface area (Å²) in [5.74, 6) is -1.84. The lowest BCUT2D eigenvalue weighted by atomic mass is 10.0. The molecule has 11 nitrogen and oxygen atoms in total. The van der Waals surface area contributed by atoms with E-state index in [0.29, 0.717) is 6.42 Å². The minimum absolute atomic E-state index is 0.00507. The third-order valence-electron chi connectivity index (χ3n) is 4.78. The molecule has 172 valence electrons. The highest BCUT2D eigenvalue weighted by atomic mass is 35.5. The minimum Gasteiger partial charge on any atom is -0.504 e. The third kappa shape index (κ3) is 5.99. The number of benzene rings is 1. The number of hydrogen-bond donors (Lipinski definition) is 5. The van der Waals surface area contributed by atoms with Gasteiger partial charge < -0.3 is 35.0 Å². The Balaban J connectivity index is 1.77. The van der Waals surface area contributed by atoms with Crippen LogP contribution in [0.1, 0.15) is 30.6 Å². The van der Waals surface area contributed by atoms with Crippen molar-refractivity contribution < 1.29 is 38.1 Å². The van der Waals surface area contributed by atoms with Crippen LogP contribution in [0, 0.1) is 0 Å². The van der Waals surface area contributed by atoms with Crippen LogP contribution in [-0.2, 0) is 20.6 Å². The van der Waals surface area contributed by atoms with E-state index >= 15 is 0 Å². The number of nitrogens with zero attached hydrogens (tertiary/aromatic N) is 1. The van der Waals surface area contributed by atoms with Gasteiger partial charge in [0, 0.05) is 32.1 Å². The van der Waals surface area contributed by atoms with Crippen molar-refractivity contribution in [3.63, 3.8) is 0 Å². The average Bonchev–Trinajstić information content (AvgIpc) is 2.72. The van der Waals surface area contributed by atoms with Gasteiger partial charge in [-0.25, -0.2) is 9.00 Å². The molecule has 1 saturated heterocycles. The van der Waals surface area contributed by atoms with Crippen LogP contribution >= 0.6 is 11.6 Å². The number of ether oxygens (including phenoxy) is 1. The molecule has 3 amide bonds. The molecule has 3 atom stereocenters. The van der Waals surface area contributed by atoms with Crippen molar-refractivity contribution in [2.75, 3.05) is 26.2 Å². The molecular formula is C18H24ClN3O8S. The molecule has 1 aliphatic heterocycles. The van der Waals surface area contributed by atoms with Crippen LogP contribution in [0.4, 0.5) is 4.79 Å². The fourth-order valence-corrected chi connectivity index (χ4v) is 3.46. The molecule has 0 aromatic heterocycles. The molecular weight excluding hydrogens is 454 g/mol. The molecule has 1 fully saturated rings. The third-order valence-corrected chi connectivity index (χ3v) is 6.25. The number of carbonyl (C=O) groups is 3. The molecule has 1 heterocycles. The number of halogens is 1. The Labute approximate surface area is 186 Å². The minimum atomic E-state index is -2.35. The largest absolute Gasteiger partial charge is 0.504 e. The van der Waals surface area contributed by atoms with E-state index in [1.807, 2.05) is 6.92 Å². The van der Waals surface area contributed by atoms with Crippen LogP contribution in [0.15, 0.2) is 12.1 Å². The topological polar surface area (TPSA) is 166 Å². The van der Waals surface area contributed by atoms with Crippen LogP contribution in [0.2, 0.25) is 5.02 Å². The van der Waals surface area contributed by atoms with Crippen LogP contribution < -0.4 is 10.6 Å². The molecule has 1 unspecified atom stereocenters. The van der Waals surface area contributed by atoms with Crippen LogP contribution in [-0.4, -0.2) is 78.8 Å². The highest BCUT2D eigenvalue weighted by molar-refractivity contribution is 7.80. The SMILES string of the molecule is C[C@@H]1CC(=O)N1C[C@](C)(COC(=O)NCCNC(=O)c1ccc(O)c(O)c1Cl)S(=O)O. The zero-order chi connectivity index (χ0) is 23.3. The van der Waals surface area contributed by atoms with E-state index in [-0.39, 0.29) is 42.2 Å². The summed E-state index contributed by atoms with van der Waals surface area (Å²) >= 11 is 3.45. The van der Waals surface area contributed by atoms with E-state index in [1.165, 1.54) is 17.9 Å². The summed E-state index contributed by atoms with van der Waals surface area (Å²) in [4.78, 5) is 37.0. The van der Waals surface area contributed by atoms with Crippen LogP contribution in [0.3, 0.4) is 0 Å². The van der Waals surface area contributed by atoms with E-state index in [0.717, 1.165) is 6.07 Å². The van der Waals surface area contributed by atoms with Crippen molar-refractivity contribution in [1.29, 1.82) is 0 Å². The van der Waals surface area contributed by atoms with Crippen molar-refractivity contribution in [2.24, 2.45) is 0 Å². The maximum Gasteiger partial charge on any atom is 0.407 e. The summed E-state index contributed by atoms with van der Waals surface area (Å²) < 4.78 is 25.0. The van der Waals surface area contributed by atoms with Crippen LogP contribution in [0.5, 0.6) is 11.5 Å². The molecule has 1 aliphatic rings. The first-order valence-corrected chi connectivity index (χ1v) is 10.7. The maximum absolute atomic E-state index is 12.1. The predicted molar refractivity (Wildman–Crippen MR) is 111 cm³/mol. The summed E-state index contributed by atoms with van der Waals surface area (Å²) in [6.07, 6.45) is -0.495. The van der Waals surface area contributed by atoms with Crippen molar-refractivity contribution in [1.82, 2.24) is 15.5 Å². The van der Waals surface area contributed by atoms with Gasteiger partial charge in [0.1, 0.15) is 11.4 Å². The van der Waals surface area contributed by atoms with Gasteiger partial charge in [0.2, 0.25) is 5.91 Å². The van der Waals surface area contributed by atoms with Gasteiger partial charge >= 0.3 is 6.09 Å². The lowest BCUT2D eigenvalue weighted by molar-refractivity contribution is -0.145. The molecule has 0 saturated carbocycles. The summed E-state index contributed by atoms with van der Waals surface area (Å²) in [6.45, 7) is 2.80. The lowest BCUT2D eigenvalue weighted by Gasteiger charge is -2.42. The Morgan fingerprint density at radius 3 is 2.55 bits per heavy atom. The first kappa shape index (κ1) is 24.7. The highest BCUT2D eigenvalue weighted by Crippen LogP contribution is 2.35. The number of aromatic hydroxyl groups is 2. The zero-order valence-electron chi connectivity index (χ0n) is 16.9. The van der Waals surface area contributed by atoms with Gasteiger partial charge in [-0.15, -0.1) is 0 Å². The Hall–Kier alpha value is -2.57. The summed E-state index contributed by atoms with van der Waals surface area (Å²) in [5, 5.41) is 23.4. The molecule has 0 bridgehead atoms. The molecule has 0 radical (unpaired) electrons. The van der Waals surface area contributed by atoms with Crippen molar-refractivity contribution >= 4 is 40.6 Å². The van der Waals surface area contributed by atoms with Gasteiger partial charge in [0.05, 0.1) is 10.6 Å². The van der Waals surface area contributed by atoms with E-state index in [4.69, 9.17) is 16.3 Å². The summed E-state index contributed by atoms with van der Waals surface area (Å²) in [7, 11) is 0. The number of amides is 3. The number of β-lactam (4-membered cyclic amide) rings is 1. The van der Waals surface area contributed by atoms with Gasteiger partial charge in [-0.1, -0.05) is 11.6 Å². The van der Waals surface area contributed by atoms with Crippen LogP contribution in [0.25, 0.3) is 0 Å². The second-order valence-corrected chi connectivity index (χ2v) is 9.19. The lowest BCUT2D eigenvalue weighted by Crippen LogP contribution is -2.58. The number of rotatable bonds is 9. The molecule has 1 aromatic rings. The van der Waals surface area contributed by atoms with Crippen molar-refractivity contribution in [3.8, 4) is 11.5 Å². The molecule has 0 spiro atoms. The van der Waals surface area contributed by atoms with E-state index < -0.39 is 45.9 Å². The monoisotopic (exact) mass is 477 g/mol. The first-order valence-electron chi connectivity index (χ1n) is 9.26. The Kier molecular flexibility index (Phi) is 8.09. The predicted octanol–water partition coefficient (Wildman–Crippen LogP) is 0.808.